The molecule has 10 nitrogen and oxygen atoms in total. The minimum absolute atomic E-state index is 0.0100. The normalized spacial score (nSPS) is 15.0. The molecule has 176 valence electrons. The second-order valence-electron chi connectivity index (χ2n) is 8.67. The summed E-state index contributed by atoms with van der Waals surface area (Å²) in [5.41, 5.74) is -0.210. The van der Waals surface area contributed by atoms with Crippen molar-refractivity contribution in [1.29, 1.82) is 0 Å². The minimum atomic E-state index is -1.04. The number of ether oxygens (including phenoxy) is 3. The SMILES string of the molecule is CC(C)(C)OC(=O)N[C@@H](CCC(=O)OCc1ccc([N+](=O)[O-])cc1)C(=O)OC1CCCC1. The van der Waals surface area contributed by atoms with E-state index in [0.717, 1.165) is 25.7 Å². The van der Waals surface area contributed by atoms with Crippen molar-refractivity contribution in [2.24, 2.45) is 0 Å². The fraction of sp³-hybridized carbons (Fsp3) is 0.591. The zero-order valence-electron chi connectivity index (χ0n) is 18.6. The first kappa shape index (κ1) is 25.1. The highest BCUT2D eigenvalue weighted by Gasteiger charge is 2.29. The molecule has 0 bridgehead atoms. The molecule has 0 heterocycles. The van der Waals surface area contributed by atoms with E-state index in [4.69, 9.17) is 14.2 Å². The van der Waals surface area contributed by atoms with Gasteiger partial charge < -0.3 is 19.5 Å². The number of benzene rings is 1. The van der Waals surface area contributed by atoms with Crippen LogP contribution >= 0.6 is 0 Å². The predicted octanol–water partition coefficient (Wildman–Crippen LogP) is 3.80. The lowest BCUT2D eigenvalue weighted by Gasteiger charge is -2.23. The maximum atomic E-state index is 12.6. The Bertz CT molecular complexity index is 810. The Balaban J connectivity index is 1.88. The number of carbonyl (C=O) groups is 3. The van der Waals surface area contributed by atoms with E-state index in [-0.39, 0.29) is 31.2 Å². The average molecular weight is 450 g/mol. The van der Waals surface area contributed by atoms with Crippen LogP contribution in [0.5, 0.6) is 0 Å². The van der Waals surface area contributed by atoms with Gasteiger partial charge in [-0.15, -0.1) is 0 Å². The number of non-ortho nitro benzene ring substituents is 1. The van der Waals surface area contributed by atoms with Gasteiger partial charge in [0.2, 0.25) is 0 Å². The Kier molecular flexibility index (Phi) is 8.98. The number of nitrogens with zero attached hydrogens (tertiary/aromatic N) is 1. The Labute approximate surface area is 186 Å². The molecule has 0 unspecified atom stereocenters. The second kappa shape index (κ2) is 11.4. The van der Waals surface area contributed by atoms with Crippen molar-refractivity contribution in [2.75, 3.05) is 0 Å². The van der Waals surface area contributed by atoms with E-state index < -0.39 is 34.6 Å². The number of hydrogen-bond donors (Lipinski definition) is 1. The maximum absolute atomic E-state index is 12.6. The summed E-state index contributed by atoms with van der Waals surface area (Å²) >= 11 is 0. The summed E-state index contributed by atoms with van der Waals surface area (Å²) in [7, 11) is 0. The van der Waals surface area contributed by atoms with Crippen molar-refractivity contribution in [1.82, 2.24) is 5.32 Å². The third kappa shape index (κ3) is 8.91. The molecular formula is C22H30N2O8. The third-order valence-corrected chi connectivity index (χ3v) is 4.74. The Hall–Kier alpha value is -3.17. The topological polar surface area (TPSA) is 134 Å². The van der Waals surface area contributed by atoms with Gasteiger partial charge in [-0.1, -0.05) is 0 Å². The highest BCUT2D eigenvalue weighted by Crippen LogP contribution is 2.22. The molecule has 1 aliphatic carbocycles. The van der Waals surface area contributed by atoms with E-state index in [1.54, 1.807) is 20.8 Å². The summed E-state index contributed by atoms with van der Waals surface area (Å²) in [5.74, 6) is -1.18. The molecule has 1 saturated carbocycles. The van der Waals surface area contributed by atoms with Gasteiger partial charge >= 0.3 is 18.0 Å². The zero-order chi connectivity index (χ0) is 23.7. The molecule has 32 heavy (non-hydrogen) atoms. The second-order valence-corrected chi connectivity index (χ2v) is 8.67. The van der Waals surface area contributed by atoms with Gasteiger partial charge in [0, 0.05) is 18.6 Å². The molecule has 1 N–H and O–H groups in total. The van der Waals surface area contributed by atoms with Crippen LogP contribution in [0.2, 0.25) is 0 Å². The first-order valence-corrected chi connectivity index (χ1v) is 10.6. The monoisotopic (exact) mass is 450 g/mol. The van der Waals surface area contributed by atoms with Crippen molar-refractivity contribution < 1.29 is 33.5 Å². The molecule has 0 aromatic heterocycles. The number of amides is 1. The lowest BCUT2D eigenvalue weighted by molar-refractivity contribution is -0.384. The molecule has 0 aliphatic heterocycles. The third-order valence-electron chi connectivity index (χ3n) is 4.74. The average Bonchev–Trinajstić information content (AvgIpc) is 3.21. The van der Waals surface area contributed by atoms with Gasteiger partial charge in [0.05, 0.1) is 4.92 Å². The summed E-state index contributed by atoms with van der Waals surface area (Å²) in [6, 6.07) is 4.60. The standard InChI is InChI=1S/C22H30N2O8/c1-22(2,3)32-21(27)23-18(20(26)31-17-6-4-5-7-17)12-13-19(25)30-14-15-8-10-16(11-9-15)24(28)29/h8-11,17-18H,4-7,12-14H2,1-3H3,(H,23,27)/t18-/m0/s1. The summed E-state index contributed by atoms with van der Waals surface area (Å²) < 4.78 is 15.9. The van der Waals surface area contributed by atoms with Crippen LogP contribution in [-0.4, -0.2) is 40.7 Å². The predicted molar refractivity (Wildman–Crippen MR) is 114 cm³/mol. The zero-order valence-corrected chi connectivity index (χ0v) is 18.6. The molecule has 0 radical (unpaired) electrons. The highest BCUT2D eigenvalue weighted by molar-refractivity contribution is 5.82. The number of rotatable bonds is 9. The quantitative estimate of drug-likeness (QED) is 0.260. The van der Waals surface area contributed by atoms with E-state index in [1.165, 1.54) is 24.3 Å². The molecule has 1 aliphatic rings. The van der Waals surface area contributed by atoms with Gasteiger partial charge in [0.25, 0.3) is 5.69 Å². The number of nitro benzene ring substituents is 1. The number of alkyl carbamates (subject to hydrolysis) is 1. The van der Waals surface area contributed by atoms with Crippen LogP contribution in [0.1, 0.15) is 64.9 Å². The highest BCUT2D eigenvalue weighted by atomic mass is 16.6. The molecule has 1 atom stereocenters. The smallest absolute Gasteiger partial charge is 0.408 e. The van der Waals surface area contributed by atoms with Crippen molar-refractivity contribution in [3.05, 3.63) is 39.9 Å². The molecular weight excluding hydrogens is 420 g/mol. The van der Waals surface area contributed by atoms with Crippen LogP contribution in [0, 0.1) is 10.1 Å². The van der Waals surface area contributed by atoms with E-state index >= 15 is 0 Å². The maximum Gasteiger partial charge on any atom is 0.408 e. The molecule has 1 aromatic rings. The van der Waals surface area contributed by atoms with Crippen LogP contribution in [0.3, 0.4) is 0 Å². The van der Waals surface area contributed by atoms with E-state index in [9.17, 15) is 24.5 Å². The van der Waals surface area contributed by atoms with E-state index in [0.29, 0.717) is 5.56 Å². The Morgan fingerprint density at radius 1 is 1.16 bits per heavy atom. The van der Waals surface area contributed by atoms with E-state index in [1.807, 2.05) is 0 Å². The Morgan fingerprint density at radius 2 is 1.78 bits per heavy atom. The number of carbonyl (C=O) groups excluding carboxylic acids is 3. The van der Waals surface area contributed by atoms with Crippen molar-refractivity contribution >= 4 is 23.7 Å². The van der Waals surface area contributed by atoms with Crippen LogP contribution < -0.4 is 5.32 Å². The molecule has 10 heteroatoms. The molecule has 0 spiro atoms. The fourth-order valence-corrected chi connectivity index (χ4v) is 3.16. The lowest BCUT2D eigenvalue weighted by atomic mass is 10.1. The van der Waals surface area contributed by atoms with Gasteiger partial charge in [0.1, 0.15) is 24.4 Å². The van der Waals surface area contributed by atoms with Gasteiger partial charge in [0.15, 0.2) is 0 Å². The molecule has 1 amide bonds. The lowest BCUT2D eigenvalue weighted by Crippen LogP contribution is -2.45. The van der Waals surface area contributed by atoms with Crippen molar-refractivity contribution in [3.63, 3.8) is 0 Å². The van der Waals surface area contributed by atoms with Crippen LogP contribution in [0.25, 0.3) is 0 Å². The number of nitro groups is 1. The summed E-state index contributed by atoms with van der Waals surface area (Å²) in [5, 5.41) is 13.2. The van der Waals surface area contributed by atoms with Crippen LogP contribution in [-0.2, 0) is 30.4 Å². The first-order valence-electron chi connectivity index (χ1n) is 10.6. The summed E-state index contributed by atoms with van der Waals surface area (Å²) in [4.78, 5) is 47.0. The van der Waals surface area contributed by atoms with Crippen LogP contribution in [0.4, 0.5) is 10.5 Å². The summed E-state index contributed by atoms with van der Waals surface area (Å²) in [6.45, 7) is 5.05. The van der Waals surface area contributed by atoms with Crippen molar-refractivity contribution in [3.8, 4) is 0 Å². The number of hydrogen-bond acceptors (Lipinski definition) is 8. The van der Waals surface area contributed by atoms with Crippen LogP contribution in [0.15, 0.2) is 24.3 Å². The van der Waals surface area contributed by atoms with Gasteiger partial charge in [-0.3, -0.25) is 14.9 Å². The molecule has 1 fully saturated rings. The van der Waals surface area contributed by atoms with E-state index in [2.05, 4.69) is 5.32 Å². The number of nitrogens with one attached hydrogen (secondary N) is 1. The number of esters is 2. The molecule has 0 saturated heterocycles. The molecule has 1 aromatic carbocycles. The molecule has 2 rings (SSSR count). The van der Waals surface area contributed by atoms with Gasteiger partial charge in [-0.05, 0) is 70.6 Å². The minimum Gasteiger partial charge on any atom is -0.461 e. The largest absolute Gasteiger partial charge is 0.461 e. The summed E-state index contributed by atoms with van der Waals surface area (Å²) in [6.07, 6.45) is 2.43. The van der Waals surface area contributed by atoms with Gasteiger partial charge in [-0.2, -0.15) is 0 Å². The Morgan fingerprint density at radius 3 is 2.34 bits per heavy atom. The van der Waals surface area contributed by atoms with Crippen molar-refractivity contribution in [2.45, 2.75) is 83.6 Å². The fourth-order valence-electron chi connectivity index (χ4n) is 3.16. The first-order chi connectivity index (χ1) is 15.0. The van der Waals surface area contributed by atoms with Gasteiger partial charge in [-0.25, -0.2) is 9.59 Å².